The van der Waals surface area contributed by atoms with Gasteiger partial charge in [-0.15, -0.1) is 11.3 Å². The number of fused-ring (bicyclic) bond motifs is 9. The van der Waals surface area contributed by atoms with Gasteiger partial charge < -0.3 is 0 Å². The van der Waals surface area contributed by atoms with Crippen molar-refractivity contribution in [1.29, 1.82) is 0 Å². The molecular weight excluding hydrogens is 629 g/mol. The molecule has 5 heteroatoms. The smallest absolute Gasteiger partial charge is 0.161 e. The molecule has 4 nitrogen and oxygen atoms in total. The number of nitrogens with zero attached hydrogens (tertiary/aromatic N) is 4. The van der Waals surface area contributed by atoms with E-state index >= 15 is 0 Å². The summed E-state index contributed by atoms with van der Waals surface area (Å²) in [5.74, 6) is 1.46. The molecule has 0 aliphatic carbocycles. The lowest BCUT2D eigenvalue weighted by Crippen LogP contribution is -2.11. The molecule has 0 amide bonds. The lowest BCUT2D eigenvalue weighted by molar-refractivity contribution is 1.24. The molecular formula is C45H30N4S. The van der Waals surface area contributed by atoms with E-state index in [0.29, 0.717) is 11.5 Å². The van der Waals surface area contributed by atoms with E-state index in [1.54, 1.807) is 0 Å². The molecule has 0 aliphatic heterocycles. The Hall–Kier alpha value is -6.30. The molecule has 0 aliphatic rings. The highest BCUT2D eigenvalue weighted by atomic mass is 32.1. The van der Waals surface area contributed by atoms with Gasteiger partial charge in [-0.1, -0.05) is 128 Å². The molecule has 4 heterocycles. The minimum atomic E-state index is 0.625. The third-order valence-electron chi connectivity index (χ3n) is 9.83. The molecule has 0 saturated heterocycles. The maximum atomic E-state index is 5.20. The summed E-state index contributed by atoms with van der Waals surface area (Å²) in [6.07, 6.45) is 0. The quantitative estimate of drug-likeness (QED) is 0.133. The first kappa shape index (κ1) is 28.7. The number of amidine groups is 1. The zero-order chi connectivity index (χ0) is 33.3. The van der Waals surface area contributed by atoms with Gasteiger partial charge >= 0.3 is 0 Å². The van der Waals surface area contributed by atoms with Crippen LogP contribution in [-0.4, -0.2) is 20.6 Å². The Morgan fingerprint density at radius 1 is 0.540 bits per heavy atom. The van der Waals surface area contributed by atoms with Crippen molar-refractivity contribution in [2.24, 2.45) is 9.98 Å². The van der Waals surface area contributed by atoms with Crippen molar-refractivity contribution < 1.29 is 0 Å². The predicted molar refractivity (Wildman–Crippen MR) is 214 cm³/mol. The topological polar surface area (TPSA) is 34.1 Å². The number of para-hydroxylation sites is 3. The number of rotatable bonds is 4. The lowest BCUT2D eigenvalue weighted by Gasteiger charge is -2.10. The molecule has 0 spiro atoms. The van der Waals surface area contributed by atoms with Crippen LogP contribution in [0.4, 0.5) is 0 Å². The van der Waals surface area contributed by atoms with Crippen LogP contribution in [0.2, 0.25) is 0 Å². The van der Waals surface area contributed by atoms with Gasteiger partial charge in [-0.2, -0.15) is 0 Å². The minimum absolute atomic E-state index is 0.625. The van der Waals surface area contributed by atoms with E-state index in [0.717, 1.165) is 28.0 Å². The van der Waals surface area contributed by atoms with Gasteiger partial charge in [-0.3, -0.25) is 8.97 Å². The normalized spacial score (nSPS) is 12.8. The summed E-state index contributed by atoms with van der Waals surface area (Å²) in [6.45, 7) is 6.35. The number of thiophene rings is 1. The molecule has 236 valence electrons. The third-order valence-corrected chi connectivity index (χ3v) is 11.0. The van der Waals surface area contributed by atoms with Crippen molar-refractivity contribution in [1.82, 2.24) is 8.97 Å². The Balaban J connectivity index is 1.13. The summed E-state index contributed by atoms with van der Waals surface area (Å²) in [6, 6.07) is 53.5. The number of hydrogen-bond acceptors (Lipinski definition) is 2. The standard InChI is InChI=1S/C45H30N4S/c1-28(30-14-5-3-6-15-30)46-44(31-16-7-4-8-17-31)47-29(2)48-39-22-11-10-19-34(39)37-26-32(24-25-41(37)48)42-27-38-36-21-13-20-35-33-18-9-12-23-40(33)49(43(35)36)45(38)50-42/h3-27H,1H2,2H3. The summed E-state index contributed by atoms with van der Waals surface area (Å²) in [5.41, 5.74) is 8.60. The van der Waals surface area contributed by atoms with Crippen molar-refractivity contribution in [2.75, 3.05) is 0 Å². The van der Waals surface area contributed by atoms with Crippen LogP contribution in [0, 0.1) is 0 Å². The van der Waals surface area contributed by atoms with Gasteiger partial charge in [0.2, 0.25) is 0 Å². The minimum Gasteiger partial charge on any atom is -0.299 e. The summed E-state index contributed by atoms with van der Waals surface area (Å²) in [5, 5.41) is 7.64. The van der Waals surface area contributed by atoms with Crippen LogP contribution >= 0.6 is 11.3 Å². The van der Waals surface area contributed by atoms with E-state index in [9.17, 15) is 0 Å². The zero-order valence-corrected chi connectivity index (χ0v) is 28.2. The largest absolute Gasteiger partial charge is 0.299 e. The molecule has 0 radical (unpaired) electrons. The SMILES string of the molecule is C=C(N=C(N=C(C)n1c2ccccc2c2cc(-c3cc4c5cccc6c7ccccc7n(c4s3)c65)ccc21)c1ccccc1)c1ccccc1. The Kier molecular flexibility index (Phi) is 6.38. The molecule has 50 heavy (non-hydrogen) atoms. The molecule has 6 aromatic carbocycles. The molecule has 0 N–H and O–H groups in total. The number of aliphatic imine (C=N–C) groups is 2. The first-order valence-corrected chi connectivity index (χ1v) is 17.6. The lowest BCUT2D eigenvalue weighted by atomic mass is 10.1. The fourth-order valence-electron chi connectivity index (χ4n) is 7.57. The highest BCUT2D eigenvalue weighted by Crippen LogP contribution is 2.45. The molecule has 10 rings (SSSR count). The highest BCUT2D eigenvalue weighted by molar-refractivity contribution is 7.22. The highest BCUT2D eigenvalue weighted by Gasteiger charge is 2.20. The molecule has 4 aromatic heterocycles. The van der Waals surface area contributed by atoms with Crippen molar-refractivity contribution in [3.63, 3.8) is 0 Å². The molecule has 0 fully saturated rings. The fourth-order valence-corrected chi connectivity index (χ4v) is 8.76. The van der Waals surface area contributed by atoms with Gasteiger partial charge in [0.15, 0.2) is 5.84 Å². The number of benzene rings is 6. The average molecular weight is 659 g/mol. The molecule has 0 atom stereocenters. The Labute approximate surface area is 292 Å². The van der Waals surface area contributed by atoms with E-state index in [-0.39, 0.29) is 0 Å². The predicted octanol–water partition coefficient (Wildman–Crippen LogP) is 12.1. The summed E-state index contributed by atoms with van der Waals surface area (Å²) >= 11 is 1.87. The van der Waals surface area contributed by atoms with Gasteiger partial charge in [0.1, 0.15) is 10.7 Å². The second kappa shape index (κ2) is 11.1. The maximum absolute atomic E-state index is 5.20. The van der Waals surface area contributed by atoms with Crippen LogP contribution in [0.1, 0.15) is 18.1 Å². The van der Waals surface area contributed by atoms with Crippen molar-refractivity contribution >= 4 is 87.9 Å². The van der Waals surface area contributed by atoms with E-state index in [2.05, 4.69) is 113 Å². The van der Waals surface area contributed by atoms with Crippen molar-refractivity contribution in [3.05, 3.63) is 169 Å². The second-order valence-corrected chi connectivity index (χ2v) is 13.8. The van der Waals surface area contributed by atoms with Gasteiger partial charge in [-0.25, -0.2) is 9.98 Å². The van der Waals surface area contributed by atoms with E-state index in [1.807, 2.05) is 72.0 Å². The van der Waals surface area contributed by atoms with Crippen LogP contribution in [0.3, 0.4) is 0 Å². The first-order valence-electron chi connectivity index (χ1n) is 16.8. The Morgan fingerprint density at radius 3 is 1.90 bits per heavy atom. The number of hydrogen-bond donors (Lipinski definition) is 0. The molecule has 10 aromatic rings. The third kappa shape index (κ3) is 4.30. The van der Waals surface area contributed by atoms with Crippen molar-refractivity contribution in [3.8, 4) is 10.4 Å². The average Bonchev–Trinajstić information content (AvgIpc) is 3.91. The maximum Gasteiger partial charge on any atom is 0.161 e. The van der Waals surface area contributed by atoms with Crippen LogP contribution in [-0.2, 0) is 0 Å². The second-order valence-electron chi connectivity index (χ2n) is 12.7. The monoisotopic (exact) mass is 658 g/mol. The van der Waals surface area contributed by atoms with E-state index in [1.165, 1.54) is 58.6 Å². The fraction of sp³-hybridized carbons (Fsp3) is 0.0222. The zero-order valence-electron chi connectivity index (χ0n) is 27.3. The summed E-state index contributed by atoms with van der Waals surface area (Å²) in [7, 11) is 0. The Bertz CT molecular complexity index is 2990. The van der Waals surface area contributed by atoms with Crippen LogP contribution in [0.5, 0.6) is 0 Å². The van der Waals surface area contributed by atoms with E-state index in [4.69, 9.17) is 9.98 Å². The van der Waals surface area contributed by atoms with Crippen molar-refractivity contribution in [2.45, 2.75) is 6.92 Å². The van der Waals surface area contributed by atoms with E-state index < -0.39 is 0 Å². The van der Waals surface area contributed by atoms with Crippen LogP contribution < -0.4 is 0 Å². The molecule has 0 bridgehead atoms. The Morgan fingerprint density at radius 2 is 1.14 bits per heavy atom. The molecule has 0 unspecified atom stereocenters. The van der Waals surface area contributed by atoms with Gasteiger partial charge in [0.05, 0.1) is 27.8 Å². The summed E-state index contributed by atoms with van der Waals surface area (Å²) < 4.78 is 4.72. The number of aromatic nitrogens is 2. The molecule has 0 saturated carbocycles. The van der Waals surface area contributed by atoms with Crippen LogP contribution in [0.15, 0.2) is 168 Å². The van der Waals surface area contributed by atoms with Gasteiger partial charge in [0.25, 0.3) is 0 Å². The summed E-state index contributed by atoms with van der Waals surface area (Å²) in [4.78, 5) is 12.7. The van der Waals surface area contributed by atoms with Gasteiger partial charge in [-0.05, 0) is 48.4 Å². The van der Waals surface area contributed by atoms with Gasteiger partial charge in [0, 0.05) is 42.8 Å². The first-order chi connectivity index (χ1) is 24.6. The van der Waals surface area contributed by atoms with Crippen LogP contribution in [0.25, 0.3) is 75.4 Å².